The van der Waals surface area contributed by atoms with Gasteiger partial charge in [0.2, 0.25) is 0 Å². The fraction of sp³-hybridized carbons (Fsp3) is 0.381. The van der Waals surface area contributed by atoms with Crippen LogP contribution in [0.1, 0.15) is 26.3 Å². The highest BCUT2D eigenvalue weighted by atomic mass is 35.5. The van der Waals surface area contributed by atoms with Crippen molar-refractivity contribution >= 4 is 69.5 Å². The molecule has 2 aliphatic rings. The van der Waals surface area contributed by atoms with E-state index in [1.165, 1.54) is 18.9 Å². The normalized spacial score (nSPS) is 23.5. The molecule has 2 fully saturated rings. The number of esters is 1. The smallest absolute Gasteiger partial charge is 0.315 e. The van der Waals surface area contributed by atoms with E-state index in [0.717, 1.165) is 5.56 Å². The lowest BCUT2D eigenvalue weighted by Gasteiger charge is -2.11. The van der Waals surface area contributed by atoms with Crippen LogP contribution < -0.4 is 9.47 Å². The summed E-state index contributed by atoms with van der Waals surface area (Å²) in [4.78, 5) is 27.2. The Morgan fingerprint density at radius 2 is 2.03 bits per heavy atom. The van der Waals surface area contributed by atoms with E-state index in [9.17, 15) is 9.59 Å². The van der Waals surface area contributed by atoms with Gasteiger partial charge in [0.1, 0.15) is 8.81 Å². The molecule has 160 valence electrons. The molecular formula is C21H21Cl2NO4S2. The maximum Gasteiger partial charge on any atom is 0.315 e. The number of likely N-dealkylation sites (N-methyl/N-ethyl adjacent to an activating group) is 1. The van der Waals surface area contributed by atoms with Crippen LogP contribution in [0.2, 0.25) is 0 Å². The molecule has 1 aliphatic carbocycles. The zero-order chi connectivity index (χ0) is 22.2. The molecular weight excluding hydrogens is 465 g/mol. The second-order valence-corrected chi connectivity index (χ2v) is 10.2. The molecule has 5 nitrogen and oxygen atoms in total. The summed E-state index contributed by atoms with van der Waals surface area (Å²) in [6.45, 7) is 6.33. The summed E-state index contributed by atoms with van der Waals surface area (Å²) in [7, 11) is 1.49. The number of methoxy groups -OCH3 is 1. The Morgan fingerprint density at radius 1 is 1.33 bits per heavy atom. The Labute approximate surface area is 195 Å². The molecule has 30 heavy (non-hydrogen) atoms. The lowest BCUT2D eigenvalue weighted by molar-refractivity contribution is -0.136. The molecule has 0 radical (unpaired) electrons. The minimum absolute atomic E-state index is 0.0826. The SMILES string of the molecule is CCN1C(=O)/C(=C/c2ccc(OC(=O)[C@H]3[C@H](C=C(Cl)Cl)C3(C)C)c(OC)c2)SC1=S. The van der Waals surface area contributed by atoms with E-state index in [4.69, 9.17) is 44.9 Å². The van der Waals surface area contributed by atoms with Crippen molar-refractivity contribution in [3.05, 3.63) is 39.2 Å². The minimum Gasteiger partial charge on any atom is -0.493 e. The van der Waals surface area contributed by atoms with Gasteiger partial charge in [0.05, 0.1) is 17.9 Å². The number of rotatable bonds is 6. The largest absolute Gasteiger partial charge is 0.493 e. The second-order valence-electron chi connectivity index (χ2n) is 7.54. The van der Waals surface area contributed by atoms with Crippen LogP contribution in [-0.2, 0) is 9.59 Å². The van der Waals surface area contributed by atoms with Crippen molar-refractivity contribution in [3.8, 4) is 11.5 Å². The van der Waals surface area contributed by atoms with Crippen molar-refractivity contribution in [3.63, 3.8) is 0 Å². The van der Waals surface area contributed by atoms with Crippen molar-refractivity contribution in [2.45, 2.75) is 20.8 Å². The number of carbonyl (C=O) groups is 2. The molecule has 0 bridgehead atoms. The van der Waals surface area contributed by atoms with E-state index in [2.05, 4.69) is 0 Å². The van der Waals surface area contributed by atoms with E-state index in [1.807, 2.05) is 20.8 Å². The number of carbonyl (C=O) groups excluding carboxylic acids is 2. The third-order valence-corrected chi connectivity index (χ3v) is 6.99. The van der Waals surface area contributed by atoms with Crippen LogP contribution >= 0.6 is 47.2 Å². The predicted molar refractivity (Wildman–Crippen MR) is 125 cm³/mol. The molecule has 2 atom stereocenters. The van der Waals surface area contributed by atoms with Crippen molar-refractivity contribution in [1.29, 1.82) is 0 Å². The van der Waals surface area contributed by atoms with Crippen LogP contribution in [0.5, 0.6) is 11.5 Å². The lowest BCUT2D eigenvalue weighted by atomic mass is 10.1. The number of thioether (sulfide) groups is 1. The van der Waals surface area contributed by atoms with Crippen LogP contribution in [0.25, 0.3) is 6.08 Å². The summed E-state index contributed by atoms with van der Waals surface area (Å²) in [6, 6.07) is 5.12. The zero-order valence-electron chi connectivity index (χ0n) is 16.9. The number of hydrogen-bond acceptors (Lipinski definition) is 6. The van der Waals surface area contributed by atoms with Gasteiger partial charge in [0.15, 0.2) is 11.5 Å². The monoisotopic (exact) mass is 485 g/mol. The minimum atomic E-state index is -0.370. The molecule has 1 aromatic rings. The number of thiocarbonyl (C=S) groups is 1. The van der Waals surface area contributed by atoms with Gasteiger partial charge in [-0.25, -0.2) is 0 Å². The van der Waals surface area contributed by atoms with E-state index < -0.39 is 0 Å². The van der Waals surface area contributed by atoms with Gasteiger partial charge >= 0.3 is 5.97 Å². The Morgan fingerprint density at radius 3 is 2.60 bits per heavy atom. The van der Waals surface area contributed by atoms with E-state index in [0.29, 0.717) is 27.3 Å². The first-order chi connectivity index (χ1) is 14.1. The van der Waals surface area contributed by atoms with Crippen molar-refractivity contribution in [2.75, 3.05) is 13.7 Å². The van der Waals surface area contributed by atoms with E-state index in [1.54, 1.807) is 35.3 Å². The Kier molecular flexibility index (Phi) is 6.87. The topological polar surface area (TPSA) is 55.8 Å². The highest BCUT2D eigenvalue weighted by Gasteiger charge is 2.61. The van der Waals surface area contributed by atoms with Gasteiger partial charge in [-0.15, -0.1) is 0 Å². The summed E-state index contributed by atoms with van der Waals surface area (Å²) in [6.07, 6.45) is 3.41. The van der Waals surface area contributed by atoms with Crippen LogP contribution in [0.15, 0.2) is 33.7 Å². The summed E-state index contributed by atoms with van der Waals surface area (Å²) in [5, 5.41) is 0. The fourth-order valence-electron chi connectivity index (χ4n) is 3.53. The first kappa shape index (κ1) is 23.1. The van der Waals surface area contributed by atoms with Gasteiger partial charge in [-0.05, 0) is 48.1 Å². The summed E-state index contributed by atoms with van der Waals surface area (Å²) in [5.74, 6) is -0.210. The van der Waals surface area contributed by atoms with E-state index in [-0.39, 0.29) is 33.6 Å². The van der Waals surface area contributed by atoms with E-state index >= 15 is 0 Å². The molecule has 1 saturated carbocycles. The summed E-state index contributed by atoms with van der Waals surface area (Å²) >= 11 is 18.0. The number of allylic oxidation sites excluding steroid dienone is 1. The van der Waals surface area contributed by atoms with Gasteiger partial charge in [0, 0.05) is 6.54 Å². The number of nitrogens with zero attached hydrogens (tertiary/aromatic N) is 1. The maximum atomic E-state index is 12.7. The molecule has 3 rings (SSSR count). The molecule has 0 N–H and O–H groups in total. The third kappa shape index (κ3) is 4.54. The second kappa shape index (κ2) is 8.91. The predicted octanol–water partition coefficient (Wildman–Crippen LogP) is 5.41. The molecule has 0 spiro atoms. The fourth-order valence-corrected chi connectivity index (χ4v) is 5.18. The van der Waals surface area contributed by atoms with Crippen molar-refractivity contribution in [2.24, 2.45) is 17.3 Å². The van der Waals surface area contributed by atoms with Crippen LogP contribution in [0, 0.1) is 17.3 Å². The average molecular weight is 486 g/mol. The van der Waals surface area contributed by atoms with Gasteiger partial charge in [-0.3, -0.25) is 14.5 Å². The Balaban J connectivity index is 1.78. The molecule has 1 heterocycles. The first-order valence-corrected chi connectivity index (χ1v) is 11.3. The van der Waals surface area contributed by atoms with Gasteiger partial charge in [0.25, 0.3) is 5.91 Å². The summed E-state index contributed by atoms with van der Waals surface area (Å²) in [5.41, 5.74) is 0.456. The molecule has 9 heteroatoms. The van der Waals surface area contributed by atoms with Gasteiger partial charge in [-0.1, -0.05) is 67.1 Å². The first-order valence-electron chi connectivity index (χ1n) is 9.28. The Bertz CT molecular complexity index is 970. The Hall–Kier alpha value is -1.54. The third-order valence-electron chi connectivity index (χ3n) is 5.36. The number of amides is 1. The maximum absolute atomic E-state index is 12.7. The highest BCUT2D eigenvalue weighted by molar-refractivity contribution is 8.26. The van der Waals surface area contributed by atoms with Crippen LogP contribution in [-0.4, -0.2) is 34.8 Å². The molecule has 1 aromatic carbocycles. The average Bonchev–Trinajstić information content (AvgIpc) is 3.09. The number of halogens is 2. The zero-order valence-corrected chi connectivity index (χ0v) is 20.0. The number of ether oxygens (including phenoxy) is 2. The van der Waals surface area contributed by atoms with Crippen molar-refractivity contribution < 1.29 is 19.1 Å². The lowest BCUT2D eigenvalue weighted by Crippen LogP contribution is -2.27. The standard InChI is InChI=1S/C21H21Cl2NO4S2/c1-5-24-18(25)15(30-20(24)29)9-11-6-7-13(14(8-11)27-4)28-19(26)17-12(10-16(22)23)21(17,2)3/h6-10,12,17H,5H2,1-4H3/b15-9-/t12-,17+/m0/s1. The molecule has 0 unspecified atom stereocenters. The van der Waals surface area contributed by atoms with Crippen molar-refractivity contribution in [1.82, 2.24) is 4.90 Å². The molecule has 1 aliphatic heterocycles. The molecule has 1 amide bonds. The number of hydrogen-bond donors (Lipinski definition) is 0. The van der Waals surface area contributed by atoms with Crippen LogP contribution in [0.4, 0.5) is 0 Å². The van der Waals surface area contributed by atoms with Gasteiger partial charge < -0.3 is 9.47 Å². The quantitative estimate of drug-likeness (QED) is 0.232. The summed E-state index contributed by atoms with van der Waals surface area (Å²) < 4.78 is 11.7. The van der Waals surface area contributed by atoms with Crippen LogP contribution in [0.3, 0.4) is 0 Å². The highest BCUT2D eigenvalue weighted by Crippen LogP contribution is 2.60. The number of benzene rings is 1. The van der Waals surface area contributed by atoms with Gasteiger partial charge in [-0.2, -0.15) is 0 Å². The molecule has 0 aromatic heterocycles. The molecule has 1 saturated heterocycles.